The smallest absolute Gasteiger partial charge is 0.306 e. The minimum Gasteiger partial charge on any atom is -0.436 e. The molecule has 0 fully saturated rings. The second-order valence-electron chi connectivity index (χ2n) is 4.71. The van der Waals surface area contributed by atoms with Crippen molar-refractivity contribution in [3.63, 3.8) is 0 Å². The van der Waals surface area contributed by atoms with Crippen molar-refractivity contribution in [2.75, 3.05) is 6.26 Å². The van der Waals surface area contributed by atoms with E-state index in [9.17, 15) is 18.5 Å². The van der Waals surface area contributed by atoms with Crippen molar-refractivity contribution in [3.05, 3.63) is 52.6 Å². The predicted molar refractivity (Wildman–Crippen MR) is 81.6 cm³/mol. The van der Waals surface area contributed by atoms with Gasteiger partial charge in [0.05, 0.1) is 16.7 Å². The lowest BCUT2D eigenvalue weighted by Gasteiger charge is -2.06. The number of aromatic nitrogens is 1. The molecule has 0 N–H and O–H groups in total. The molecule has 0 unspecified atom stereocenters. The third kappa shape index (κ3) is 3.14. The summed E-state index contributed by atoms with van der Waals surface area (Å²) in [5.41, 5.74) is 0.863. The summed E-state index contributed by atoms with van der Waals surface area (Å²) in [7, 11) is -3.81. The zero-order valence-electron chi connectivity index (χ0n) is 11.8. The summed E-state index contributed by atoms with van der Waals surface area (Å²) < 4.78 is 33.1. The minimum absolute atomic E-state index is 0.0357. The van der Waals surface area contributed by atoms with Crippen molar-refractivity contribution in [1.82, 2.24) is 4.98 Å². The molecule has 0 saturated heterocycles. The van der Waals surface area contributed by atoms with Gasteiger partial charge < -0.3 is 8.60 Å². The Hall–Kier alpha value is -2.94. The predicted octanol–water partition coefficient (Wildman–Crippen LogP) is 2.74. The summed E-state index contributed by atoms with van der Waals surface area (Å²) in [6, 6.07) is 10.4. The van der Waals surface area contributed by atoms with Crippen molar-refractivity contribution in [2.24, 2.45) is 0 Å². The van der Waals surface area contributed by atoms with Crippen LogP contribution in [-0.2, 0) is 10.1 Å². The van der Waals surface area contributed by atoms with E-state index in [-0.39, 0.29) is 22.9 Å². The zero-order chi connectivity index (χ0) is 16.6. The molecule has 0 saturated carbocycles. The maximum atomic E-state index is 11.4. The van der Waals surface area contributed by atoms with Gasteiger partial charge in [-0.05, 0) is 18.2 Å². The SMILES string of the molecule is CS(=O)(=O)Oc1ccc([N+](=O)[O-])cc1-c1nc2ccccc2o1. The number of rotatable bonds is 4. The van der Waals surface area contributed by atoms with Crippen LogP contribution in [0.3, 0.4) is 0 Å². The van der Waals surface area contributed by atoms with Crippen LogP contribution in [0.1, 0.15) is 0 Å². The van der Waals surface area contributed by atoms with Crippen LogP contribution in [0.4, 0.5) is 5.69 Å². The van der Waals surface area contributed by atoms with Gasteiger partial charge in [-0.15, -0.1) is 0 Å². The monoisotopic (exact) mass is 334 g/mol. The number of nitro benzene ring substituents is 1. The third-order valence-corrected chi connectivity index (χ3v) is 3.42. The number of benzene rings is 2. The van der Waals surface area contributed by atoms with E-state index in [1.165, 1.54) is 6.07 Å². The largest absolute Gasteiger partial charge is 0.436 e. The summed E-state index contributed by atoms with van der Waals surface area (Å²) in [6.45, 7) is 0. The summed E-state index contributed by atoms with van der Waals surface area (Å²) in [4.78, 5) is 14.6. The topological polar surface area (TPSA) is 113 Å². The fourth-order valence-corrected chi connectivity index (χ4v) is 2.49. The molecule has 8 nitrogen and oxygen atoms in total. The van der Waals surface area contributed by atoms with Crippen LogP contribution in [0.2, 0.25) is 0 Å². The Morgan fingerprint density at radius 2 is 1.96 bits per heavy atom. The van der Waals surface area contributed by atoms with Gasteiger partial charge in [0.2, 0.25) is 5.89 Å². The number of nitro groups is 1. The summed E-state index contributed by atoms with van der Waals surface area (Å²) in [6.07, 6.45) is 0.879. The molecule has 3 aromatic rings. The Morgan fingerprint density at radius 3 is 2.61 bits per heavy atom. The highest BCUT2D eigenvalue weighted by molar-refractivity contribution is 7.86. The van der Waals surface area contributed by atoms with E-state index in [4.69, 9.17) is 8.60 Å². The first-order chi connectivity index (χ1) is 10.8. The molecule has 9 heteroatoms. The highest BCUT2D eigenvalue weighted by Crippen LogP contribution is 2.35. The van der Waals surface area contributed by atoms with Gasteiger partial charge in [-0.25, -0.2) is 4.98 Å². The highest BCUT2D eigenvalue weighted by Gasteiger charge is 2.20. The van der Waals surface area contributed by atoms with Gasteiger partial charge in [0, 0.05) is 12.1 Å². The zero-order valence-corrected chi connectivity index (χ0v) is 12.6. The lowest BCUT2D eigenvalue weighted by atomic mass is 10.2. The first kappa shape index (κ1) is 15.0. The lowest BCUT2D eigenvalue weighted by molar-refractivity contribution is -0.384. The molecule has 0 radical (unpaired) electrons. The molecule has 118 valence electrons. The van der Waals surface area contributed by atoms with E-state index < -0.39 is 15.0 Å². The molecule has 0 amide bonds. The van der Waals surface area contributed by atoms with Gasteiger partial charge in [0.1, 0.15) is 5.52 Å². The molecule has 0 aliphatic heterocycles. The van der Waals surface area contributed by atoms with Gasteiger partial charge in [0.25, 0.3) is 5.69 Å². The Balaban J connectivity index is 2.21. The standard InChI is InChI=1S/C14H10N2O6S/c1-23(19,20)22-12-7-6-9(16(17)18)8-10(12)14-15-11-4-2-3-5-13(11)21-14/h2-8H,1H3. The van der Waals surface area contributed by atoms with Crippen LogP contribution in [-0.4, -0.2) is 24.6 Å². The van der Waals surface area contributed by atoms with Gasteiger partial charge in [-0.2, -0.15) is 8.42 Å². The normalized spacial score (nSPS) is 11.5. The van der Waals surface area contributed by atoms with Crippen LogP contribution >= 0.6 is 0 Å². The molecule has 0 atom stereocenters. The average molecular weight is 334 g/mol. The van der Waals surface area contributed by atoms with E-state index in [0.29, 0.717) is 11.1 Å². The number of para-hydroxylation sites is 2. The highest BCUT2D eigenvalue weighted by atomic mass is 32.2. The number of fused-ring (bicyclic) bond motifs is 1. The Kier molecular flexibility index (Phi) is 3.49. The molecule has 0 aliphatic rings. The van der Waals surface area contributed by atoms with Crippen LogP contribution in [0.25, 0.3) is 22.6 Å². The lowest BCUT2D eigenvalue weighted by Crippen LogP contribution is -2.07. The minimum atomic E-state index is -3.81. The Morgan fingerprint density at radius 1 is 1.22 bits per heavy atom. The number of nitrogens with zero attached hydrogens (tertiary/aromatic N) is 2. The van der Waals surface area contributed by atoms with Crippen LogP contribution in [0.15, 0.2) is 46.9 Å². The van der Waals surface area contributed by atoms with Crippen molar-refractivity contribution < 1.29 is 21.9 Å². The molecule has 0 bridgehead atoms. The molecule has 1 heterocycles. The number of hydrogen-bond donors (Lipinski definition) is 0. The van der Waals surface area contributed by atoms with Gasteiger partial charge >= 0.3 is 10.1 Å². The fraction of sp³-hybridized carbons (Fsp3) is 0.0714. The maximum Gasteiger partial charge on any atom is 0.306 e. The molecular formula is C14H10N2O6S. The van der Waals surface area contributed by atoms with Crippen molar-refractivity contribution in [2.45, 2.75) is 0 Å². The first-order valence-corrected chi connectivity index (χ1v) is 8.19. The second-order valence-corrected chi connectivity index (χ2v) is 6.29. The first-order valence-electron chi connectivity index (χ1n) is 6.37. The van der Waals surface area contributed by atoms with Crippen molar-refractivity contribution >= 4 is 26.9 Å². The van der Waals surface area contributed by atoms with Gasteiger partial charge in [0.15, 0.2) is 11.3 Å². The van der Waals surface area contributed by atoms with E-state index in [1.807, 2.05) is 0 Å². The number of oxazole rings is 1. The van der Waals surface area contributed by atoms with Crippen molar-refractivity contribution in [3.8, 4) is 17.2 Å². The molecule has 1 aromatic heterocycles. The molecule has 23 heavy (non-hydrogen) atoms. The average Bonchev–Trinajstić information content (AvgIpc) is 2.89. The van der Waals surface area contributed by atoms with E-state index in [0.717, 1.165) is 18.4 Å². The van der Waals surface area contributed by atoms with E-state index >= 15 is 0 Å². The third-order valence-electron chi connectivity index (χ3n) is 2.94. The van der Waals surface area contributed by atoms with Crippen molar-refractivity contribution in [1.29, 1.82) is 0 Å². The molecule has 0 spiro atoms. The Bertz CT molecular complexity index is 976. The molecule has 0 aliphatic carbocycles. The van der Waals surface area contributed by atoms with Crippen LogP contribution in [0.5, 0.6) is 5.75 Å². The summed E-state index contributed by atoms with van der Waals surface area (Å²) in [5.74, 6) is -0.0572. The summed E-state index contributed by atoms with van der Waals surface area (Å²) in [5, 5.41) is 10.9. The van der Waals surface area contributed by atoms with E-state index in [1.54, 1.807) is 24.3 Å². The molecule has 3 rings (SSSR count). The quantitative estimate of drug-likeness (QED) is 0.409. The molecule has 2 aromatic carbocycles. The van der Waals surface area contributed by atoms with E-state index in [2.05, 4.69) is 4.98 Å². The van der Waals surface area contributed by atoms with Gasteiger partial charge in [-0.1, -0.05) is 12.1 Å². The number of hydrogen-bond acceptors (Lipinski definition) is 7. The van der Waals surface area contributed by atoms with Crippen LogP contribution < -0.4 is 4.18 Å². The van der Waals surface area contributed by atoms with Crippen LogP contribution in [0, 0.1) is 10.1 Å². The summed E-state index contributed by atoms with van der Waals surface area (Å²) >= 11 is 0. The Labute approximate surface area is 130 Å². The number of non-ortho nitro benzene ring substituents is 1. The molecular weight excluding hydrogens is 324 g/mol. The second kappa shape index (κ2) is 5.36. The maximum absolute atomic E-state index is 11.4. The van der Waals surface area contributed by atoms with Gasteiger partial charge in [-0.3, -0.25) is 10.1 Å². The fourth-order valence-electron chi connectivity index (χ4n) is 2.02.